The van der Waals surface area contributed by atoms with Crippen molar-refractivity contribution in [1.29, 1.82) is 0 Å². The maximum absolute atomic E-state index is 12.9. The van der Waals surface area contributed by atoms with Crippen LogP contribution in [0.25, 0.3) is 0 Å². The molecule has 3 rings (SSSR count). The first-order valence-corrected chi connectivity index (χ1v) is 9.65. The summed E-state index contributed by atoms with van der Waals surface area (Å²) in [7, 11) is -3.55. The van der Waals surface area contributed by atoms with Gasteiger partial charge in [0.15, 0.2) is 0 Å². The van der Waals surface area contributed by atoms with Crippen LogP contribution in [0.15, 0.2) is 54.6 Å². The van der Waals surface area contributed by atoms with Gasteiger partial charge in [-0.1, -0.05) is 36.4 Å². The zero-order chi connectivity index (χ0) is 17.3. The Morgan fingerprint density at radius 2 is 1.75 bits per heavy atom. The number of amides is 1. The van der Waals surface area contributed by atoms with Crippen molar-refractivity contribution in [2.24, 2.45) is 0 Å². The lowest BCUT2D eigenvalue weighted by Gasteiger charge is -2.27. The first kappa shape index (κ1) is 16.5. The van der Waals surface area contributed by atoms with Gasteiger partial charge < -0.3 is 4.90 Å². The topological polar surface area (TPSA) is 57.7 Å². The van der Waals surface area contributed by atoms with Crippen molar-refractivity contribution in [3.63, 3.8) is 0 Å². The Kier molecular flexibility index (Phi) is 4.32. The van der Waals surface area contributed by atoms with Crippen LogP contribution in [-0.4, -0.2) is 33.2 Å². The quantitative estimate of drug-likeness (QED) is 0.856. The van der Waals surface area contributed by atoms with Crippen LogP contribution in [0.1, 0.15) is 12.5 Å². The molecule has 0 saturated heterocycles. The van der Waals surface area contributed by atoms with Crippen LogP contribution >= 0.6 is 0 Å². The van der Waals surface area contributed by atoms with E-state index in [1.807, 2.05) is 37.3 Å². The highest BCUT2D eigenvalue weighted by atomic mass is 32.2. The summed E-state index contributed by atoms with van der Waals surface area (Å²) < 4.78 is 25.5. The normalized spacial score (nSPS) is 16.8. The second-order valence-corrected chi connectivity index (χ2v) is 7.96. The molecule has 0 unspecified atom stereocenters. The van der Waals surface area contributed by atoms with E-state index in [0.29, 0.717) is 5.69 Å². The SMILES string of the molecule is C[C@@H]1Cc2ccccc2N1C(=O)CN(c1ccccc1)S(C)(=O)=O. The molecule has 0 aromatic heterocycles. The first-order valence-electron chi connectivity index (χ1n) is 7.80. The number of para-hydroxylation sites is 2. The molecule has 0 radical (unpaired) electrons. The minimum atomic E-state index is -3.55. The Morgan fingerprint density at radius 3 is 2.42 bits per heavy atom. The average molecular weight is 344 g/mol. The van der Waals surface area contributed by atoms with Crippen LogP contribution in [0.3, 0.4) is 0 Å². The van der Waals surface area contributed by atoms with Gasteiger partial charge in [0.2, 0.25) is 15.9 Å². The standard InChI is InChI=1S/C18H20N2O3S/c1-14-12-15-8-6-7-11-17(15)20(14)18(21)13-19(24(2,22)23)16-9-4-3-5-10-16/h3-11,14H,12-13H2,1-2H3/t14-/m1/s1. The molecule has 1 atom stereocenters. The fourth-order valence-electron chi connectivity index (χ4n) is 3.14. The Labute approximate surface area is 142 Å². The molecule has 126 valence electrons. The molecule has 0 aliphatic carbocycles. The molecule has 0 fully saturated rings. The second-order valence-electron chi connectivity index (χ2n) is 6.05. The molecule has 0 spiro atoms. The van der Waals surface area contributed by atoms with Crippen molar-refractivity contribution in [2.45, 2.75) is 19.4 Å². The highest BCUT2D eigenvalue weighted by Crippen LogP contribution is 2.32. The fraction of sp³-hybridized carbons (Fsp3) is 0.278. The van der Waals surface area contributed by atoms with Crippen LogP contribution in [0, 0.1) is 0 Å². The Hall–Kier alpha value is -2.34. The Morgan fingerprint density at radius 1 is 1.12 bits per heavy atom. The molecule has 6 heteroatoms. The predicted molar refractivity (Wildman–Crippen MR) is 95.7 cm³/mol. The third-order valence-electron chi connectivity index (χ3n) is 4.20. The van der Waals surface area contributed by atoms with Gasteiger partial charge in [-0.15, -0.1) is 0 Å². The maximum atomic E-state index is 12.9. The minimum absolute atomic E-state index is 0.0204. The van der Waals surface area contributed by atoms with E-state index in [2.05, 4.69) is 0 Å². The van der Waals surface area contributed by atoms with Gasteiger partial charge in [-0.2, -0.15) is 0 Å². The summed E-state index contributed by atoms with van der Waals surface area (Å²) in [6.45, 7) is 1.77. The molecule has 1 aliphatic heterocycles. The maximum Gasteiger partial charge on any atom is 0.248 e. The molecule has 1 aliphatic rings. The number of carbonyl (C=O) groups excluding carboxylic acids is 1. The smallest absolute Gasteiger partial charge is 0.248 e. The van der Waals surface area contributed by atoms with Gasteiger partial charge in [-0.25, -0.2) is 8.42 Å². The summed E-state index contributed by atoms with van der Waals surface area (Å²) in [6, 6.07) is 16.5. The average Bonchev–Trinajstić information content (AvgIpc) is 2.88. The van der Waals surface area contributed by atoms with Crippen LogP contribution in [0.4, 0.5) is 11.4 Å². The number of anilines is 2. The first-order chi connectivity index (χ1) is 11.4. The number of fused-ring (bicyclic) bond motifs is 1. The summed E-state index contributed by atoms with van der Waals surface area (Å²) in [6.07, 6.45) is 1.90. The van der Waals surface area contributed by atoms with E-state index < -0.39 is 10.0 Å². The Balaban J connectivity index is 1.90. The van der Waals surface area contributed by atoms with Crippen LogP contribution in [0.2, 0.25) is 0 Å². The molecule has 0 bridgehead atoms. The summed E-state index contributed by atoms with van der Waals surface area (Å²) in [5.74, 6) is -0.221. The molecule has 0 saturated carbocycles. The predicted octanol–water partition coefficient (Wildman–Crippen LogP) is 2.43. The van der Waals surface area contributed by atoms with E-state index in [9.17, 15) is 13.2 Å². The second kappa shape index (κ2) is 6.28. The number of sulfonamides is 1. The number of nitrogens with zero attached hydrogens (tertiary/aromatic N) is 2. The largest absolute Gasteiger partial charge is 0.307 e. The summed E-state index contributed by atoms with van der Waals surface area (Å²) in [4.78, 5) is 14.6. The molecule has 1 heterocycles. The van der Waals surface area contributed by atoms with Crippen LogP contribution in [0.5, 0.6) is 0 Å². The van der Waals surface area contributed by atoms with Crippen molar-refractivity contribution in [3.8, 4) is 0 Å². The lowest BCUT2D eigenvalue weighted by Crippen LogP contribution is -2.45. The van der Waals surface area contributed by atoms with Crippen LogP contribution < -0.4 is 9.21 Å². The van der Waals surface area contributed by atoms with E-state index in [4.69, 9.17) is 0 Å². The van der Waals surface area contributed by atoms with Gasteiger partial charge in [-0.3, -0.25) is 9.10 Å². The van der Waals surface area contributed by atoms with Gasteiger partial charge >= 0.3 is 0 Å². The van der Waals surface area contributed by atoms with Crippen molar-refractivity contribution < 1.29 is 13.2 Å². The van der Waals surface area contributed by atoms with Crippen molar-refractivity contribution in [3.05, 3.63) is 60.2 Å². The number of benzene rings is 2. The molecule has 24 heavy (non-hydrogen) atoms. The van der Waals surface area contributed by atoms with Gasteiger partial charge in [0.1, 0.15) is 6.54 Å². The molecular weight excluding hydrogens is 324 g/mol. The zero-order valence-electron chi connectivity index (χ0n) is 13.7. The lowest BCUT2D eigenvalue weighted by molar-refractivity contribution is -0.117. The summed E-state index contributed by atoms with van der Waals surface area (Å²) >= 11 is 0. The van der Waals surface area contributed by atoms with Crippen molar-refractivity contribution >= 4 is 27.3 Å². The number of rotatable bonds is 4. The lowest BCUT2D eigenvalue weighted by atomic mass is 10.1. The van der Waals surface area contributed by atoms with Gasteiger partial charge in [0.25, 0.3) is 0 Å². The van der Waals surface area contributed by atoms with E-state index in [-0.39, 0.29) is 18.5 Å². The van der Waals surface area contributed by atoms with Gasteiger partial charge in [0, 0.05) is 11.7 Å². The van der Waals surface area contributed by atoms with Crippen molar-refractivity contribution in [1.82, 2.24) is 0 Å². The molecule has 1 amide bonds. The van der Waals surface area contributed by atoms with E-state index in [0.717, 1.165) is 28.2 Å². The fourth-order valence-corrected chi connectivity index (χ4v) is 3.99. The van der Waals surface area contributed by atoms with Crippen molar-refractivity contribution in [2.75, 3.05) is 22.0 Å². The number of carbonyl (C=O) groups is 1. The van der Waals surface area contributed by atoms with E-state index >= 15 is 0 Å². The van der Waals surface area contributed by atoms with E-state index in [1.54, 1.807) is 29.2 Å². The van der Waals surface area contributed by atoms with Gasteiger partial charge in [-0.05, 0) is 37.1 Å². The van der Waals surface area contributed by atoms with Crippen LogP contribution in [-0.2, 0) is 21.2 Å². The molecule has 2 aromatic carbocycles. The monoisotopic (exact) mass is 344 g/mol. The zero-order valence-corrected chi connectivity index (χ0v) is 14.5. The molecule has 2 aromatic rings. The Bertz CT molecular complexity index is 850. The minimum Gasteiger partial charge on any atom is -0.307 e. The van der Waals surface area contributed by atoms with Gasteiger partial charge in [0.05, 0.1) is 11.9 Å². The highest BCUT2D eigenvalue weighted by molar-refractivity contribution is 7.92. The third kappa shape index (κ3) is 3.14. The highest BCUT2D eigenvalue weighted by Gasteiger charge is 2.32. The molecule has 0 N–H and O–H groups in total. The third-order valence-corrected chi connectivity index (χ3v) is 5.34. The summed E-state index contributed by atoms with van der Waals surface area (Å²) in [5.41, 5.74) is 2.48. The number of hydrogen-bond acceptors (Lipinski definition) is 3. The summed E-state index contributed by atoms with van der Waals surface area (Å²) in [5, 5.41) is 0. The van der Waals surface area contributed by atoms with E-state index in [1.165, 1.54) is 0 Å². The number of hydrogen-bond donors (Lipinski definition) is 0. The molecule has 5 nitrogen and oxygen atoms in total. The molecular formula is C18H20N2O3S.